The SMILES string of the molecule is CCOc1cc(C=Nc2ccccc2C(=O)O)ccc1O. The third kappa shape index (κ3) is 3.60. The highest BCUT2D eigenvalue weighted by Gasteiger charge is 2.07. The monoisotopic (exact) mass is 285 g/mol. The van der Waals surface area contributed by atoms with Gasteiger partial charge in [0.15, 0.2) is 11.5 Å². The fourth-order valence-corrected chi connectivity index (χ4v) is 1.79. The minimum atomic E-state index is -1.02. The summed E-state index contributed by atoms with van der Waals surface area (Å²) in [5, 5.41) is 18.7. The van der Waals surface area contributed by atoms with Crippen molar-refractivity contribution < 1.29 is 19.7 Å². The van der Waals surface area contributed by atoms with Crippen molar-refractivity contribution in [2.45, 2.75) is 6.92 Å². The number of aromatic carboxylic acids is 1. The lowest BCUT2D eigenvalue weighted by Crippen LogP contribution is -1.96. The van der Waals surface area contributed by atoms with Crippen molar-refractivity contribution in [3.05, 3.63) is 53.6 Å². The second-order valence-electron chi connectivity index (χ2n) is 4.24. The first kappa shape index (κ1) is 14.6. The Morgan fingerprint density at radius 1 is 1.29 bits per heavy atom. The number of carbonyl (C=O) groups is 1. The van der Waals surface area contributed by atoms with E-state index in [-0.39, 0.29) is 11.3 Å². The van der Waals surface area contributed by atoms with Crippen LogP contribution in [0.25, 0.3) is 0 Å². The number of benzene rings is 2. The maximum absolute atomic E-state index is 11.1. The lowest BCUT2D eigenvalue weighted by atomic mass is 10.2. The Kier molecular flexibility index (Phi) is 4.56. The number of hydrogen-bond acceptors (Lipinski definition) is 4. The number of rotatable bonds is 5. The Bertz CT molecular complexity index is 680. The standard InChI is InChI=1S/C16H15NO4/c1-2-21-15-9-11(7-8-14(15)18)10-17-13-6-4-3-5-12(13)16(19)20/h3-10,18H,2H2,1H3,(H,19,20). The molecule has 0 aromatic heterocycles. The van der Waals surface area contributed by atoms with Gasteiger partial charge in [-0.25, -0.2) is 4.79 Å². The van der Waals surface area contributed by atoms with Gasteiger partial charge >= 0.3 is 5.97 Å². The van der Waals surface area contributed by atoms with Gasteiger partial charge in [0.2, 0.25) is 0 Å². The van der Waals surface area contributed by atoms with Crippen molar-refractivity contribution in [3.8, 4) is 11.5 Å². The molecular weight excluding hydrogens is 270 g/mol. The average Bonchev–Trinajstić information content (AvgIpc) is 2.48. The van der Waals surface area contributed by atoms with Gasteiger partial charge in [-0.1, -0.05) is 12.1 Å². The second-order valence-corrected chi connectivity index (χ2v) is 4.24. The summed E-state index contributed by atoms with van der Waals surface area (Å²) in [6, 6.07) is 11.3. The van der Waals surface area contributed by atoms with E-state index >= 15 is 0 Å². The molecule has 2 rings (SSSR count). The zero-order valence-corrected chi connectivity index (χ0v) is 11.5. The van der Waals surface area contributed by atoms with Gasteiger partial charge in [-0.05, 0) is 42.8 Å². The van der Waals surface area contributed by atoms with Gasteiger partial charge in [-0.2, -0.15) is 0 Å². The van der Waals surface area contributed by atoms with Crippen LogP contribution in [0.2, 0.25) is 0 Å². The molecule has 0 radical (unpaired) electrons. The molecule has 2 N–H and O–H groups in total. The summed E-state index contributed by atoms with van der Waals surface area (Å²) in [5.41, 5.74) is 1.21. The van der Waals surface area contributed by atoms with E-state index in [1.54, 1.807) is 30.3 Å². The van der Waals surface area contributed by atoms with Gasteiger partial charge in [-0.15, -0.1) is 0 Å². The molecule has 0 aliphatic carbocycles. The zero-order chi connectivity index (χ0) is 15.2. The lowest BCUT2D eigenvalue weighted by molar-refractivity contribution is 0.0698. The number of carboxylic acid groups (broad SMARTS) is 1. The number of ether oxygens (including phenoxy) is 1. The number of aromatic hydroxyl groups is 1. The summed E-state index contributed by atoms with van der Waals surface area (Å²) < 4.78 is 5.29. The molecule has 0 aliphatic heterocycles. The first-order chi connectivity index (χ1) is 10.1. The third-order valence-electron chi connectivity index (χ3n) is 2.77. The number of para-hydroxylation sites is 1. The number of aliphatic imine (C=N–C) groups is 1. The summed E-state index contributed by atoms with van der Waals surface area (Å²) >= 11 is 0. The van der Waals surface area contributed by atoms with Crippen LogP contribution >= 0.6 is 0 Å². The second kappa shape index (κ2) is 6.56. The molecule has 0 amide bonds. The Morgan fingerprint density at radius 2 is 2.05 bits per heavy atom. The van der Waals surface area contributed by atoms with E-state index in [1.807, 2.05) is 6.92 Å². The predicted octanol–water partition coefficient (Wildman–Crippen LogP) is 3.24. The Labute approximate surface area is 122 Å². The van der Waals surface area contributed by atoms with E-state index in [4.69, 9.17) is 9.84 Å². The maximum atomic E-state index is 11.1. The van der Waals surface area contributed by atoms with Crippen LogP contribution < -0.4 is 4.74 Å². The molecule has 5 heteroatoms. The summed E-state index contributed by atoms with van der Waals surface area (Å²) in [4.78, 5) is 15.3. The van der Waals surface area contributed by atoms with Crippen LogP contribution in [0.4, 0.5) is 5.69 Å². The summed E-state index contributed by atoms with van der Waals surface area (Å²) in [6.45, 7) is 2.26. The summed E-state index contributed by atoms with van der Waals surface area (Å²) in [7, 11) is 0. The van der Waals surface area contributed by atoms with E-state index < -0.39 is 5.97 Å². The highest BCUT2D eigenvalue weighted by Crippen LogP contribution is 2.26. The van der Waals surface area contributed by atoms with E-state index in [0.717, 1.165) is 0 Å². The molecule has 0 saturated carbocycles. The van der Waals surface area contributed by atoms with Crippen molar-refractivity contribution in [1.29, 1.82) is 0 Å². The van der Waals surface area contributed by atoms with Crippen molar-refractivity contribution in [3.63, 3.8) is 0 Å². The van der Waals surface area contributed by atoms with Crippen LogP contribution in [0.5, 0.6) is 11.5 Å². The van der Waals surface area contributed by atoms with Crippen LogP contribution in [-0.4, -0.2) is 29.0 Å². The van der Waals surface area contributed by atoms with Crippen molar-refractivity contribution >= 4 is 17.9 Å². The predicted molar refractivity (Wildman–Crippen MR) is 79.9 cm³/mol. The number of phenolic OH excluding ortho intramolecular Hbond substituents is 1. The van der Waals surface area contributed by atoms with Crippen LogP contribution in [0, 0.1) is 0 Å². The molecule has 0 saturated heterocycles. The molecule has 0 fully saturated rings. The number of nitrogens with zero attached hydrogens (tertiary/aromatic N) is 1. The topological polar surface area (TPSA) is 79.1 Å². The highest BCUT2D eigenvalue weighted by atomic mass is 16.5. The molecule has 108 valence electrons. The van der Waals surface area contributed by atoms with Crippen LogP contribution in [0.15, 0.2) is 47.5 Å². The lowest BCUT2D eigenvalue weighted by Gasteiger charge is -2.06. The van der Waals surface area contributed by atoms with Gasteiger partial charge < -0.3 is 14.9 Å². The first-order valence-corrected chi connectivity index (χ1v) is 6.44. The van der Waals surface area contributed by atoms with E-state index in [2.05, 4.69) is 4.99 Å². The highest BCUT2D eigenvalue weighted by molar-refractivity contribution is 5.95. The van der Waals surface area contributed by atoms with E-state index in [0.29, 0.717) is 23.6 Å². The third-order valence-corrected chi connectivity index (χ3v) is 2.77. The van der Waals surface area contributed by atoms with Crippen molar-refractivity contribution in [2.75, 3.05) is 6.61 Å². The summed E-state index contributed by atoms with van der Waals surface area (Å²) in [5.74, 6) is -0.601. The van der Waals surface area contributed by atoms with Gasteiger partial charge in [-0.3, -0.25) is 4.99 Å². The van der Waals surface area contributed by atoms with Crippen LogP contribution in [0.3, 0.4) is 0 Å². The Morgan fingerprint density at radius 3 is 2.76 bits per heavy atom. The summed E-state index contributed by atoms with van der Waals surface area (Å²) in [6.07, 6.45) is 1.53. The Hall–Kier alpha value is -2.82. The molecule has 0 spiro atoms. The van der Waals surface area contributed by atoms with Gasteiger partial charge in [0.25, 0.3) is 0 Å². The normalized spacial score (nSPS) is 10.7. The number of phenols is 1. The number of carboxylic acids is 1. The molecule has 2 aromatic carbocycles. The number of hydrogen-bond donors (Lipinski definition) is 2. The van der Waals surface area contributed by atoms with E-state index in [1.165, 1.54) is 18.3 Å². The molecule has 21 heavy (non-hydrogen) atoms. The zero-order valence-electron chi connectivity index (χ0n) is 11.5. The first-order valence-electron chi connectivity index (χ1n) is 6.44. The van der Waals surface area contributed by atoms with E-state index in [9.17, 15) is 9.90 Å². The molecule has 0 aliphatic rings. The minimum absolute atomic E-state index is 0.0555. The van der Waals surface area contributed by atoms with Crippen molar-refractivity contribution in [1.82, 2.24) is 0 Å². The molecule has 2 aromatic rings. The average molecular weight is 285 g/mol. The van der Waals surface area contributed by atoms with Crippen molar-refractivity contribution in [2.24, 2.45) is 4.99 Å². The largest absolute Gasteiger partial charge is 0.504 e. The fraction of sp³-hybridized carbons (Fsp3) is 0.125. The van der Waals surface area contributed by atoms with Gasteiger partial charge in [0.05, 0.1) is 17.9 Å². The van der Waals surface area contributed by atoms with Gasteiger partial charge in [0.1, 0.15) is 0 Å². The maximum Gasteiger partial charge on any atom is 0.337 e. The minimum Gasteiger partial charge on any atom is -0.504 e. The smallest absolute Gasteiger partial charge is 0.337 e. The quantitative estimate of drug-likeness (QED) is 0.826. The van der Waals surface area contributed by atoms with Crippen LogP contribution in [0.1, 0.15) is 22.8 Å². The molecule has 0 atom stereocenters. The Balaban J connectivity index is 2.30. The molecule has 0 heterocycles. The van der Waals surface area contributed by atoms with Crippen LogP contribution in [-0.2, 0) is 0 Å². The fourth-order valence-electron chi connectivity index (χ4n) is 1.79. The molecule has 5 nitrogen and oxygen atoms in total. The molecule has 0 unspecified atom stereocenters. The molecule has 0 bridgehead atoms. The molecular formula is C16H15NO4. The van der Waals surface area contributed by atoms with Gasteiger partial charge in [0, 0.05) is 6.21 Å².